The van der Waals surface area contributed by atoms with Crippen molar-refractivity contribution in [2.24, 2.45) is 7.05 Å². The first-order valence-corrected chi connectivity index (χ1v) is 12.2. The number of methoxy groups -OCH3 is 2. The molecule has 1 aromatic carbocycles. The molecule has 8 heteroatoms. The van der Waals surface area contributed by atoms with Crippen LogP contribution in [-0.2, 0) is 20.1 Å². The van der Waals surface area contributed by atoms with E-state index in [9.17, 15) is 4.79 Å². The van der Waals surface area contributed by atoms with Crippen LogP contribution in [0.3, 0.4) is 0 Å². The second-order valence-electron chi connectivity index (χ2n) is 9.62. The van der Waals surface area contributed by atoms with Gasteiger partial charge in [-0.15, -0.1) is 0 Å². The Balaban J connectivity index is 1.48. The van der Waals surface area contributed by atoms with Gasteiger partial charge in [0.25, 0.3) is 0 Å². The van der Waals surface area contributed by atoms with Crippen LogP contribution >= 0.6 is 0 Å². The Morgan fingerprint density at radius 2 is 1.94 bits per heavy atom. The van der Waals surface area contributed by atoms with Crippen molar-refractivity contribution in [2.75, 3.05) is 33.9 Å². The first-order chi connectivity index (χ1) is 16.4. The van der Waals surface area contributed by atoms with Crippen molar-refractivity contribution in [3.63, 3.8) is 0 Å². The smallest absolute Gasteiger partial charge is 0.325 e. The number of urea groups is 1. The monoisotopic (exact) mass is 465 g/mol. The summed E-state index contributed by atoms with van der Waals surface area (Å²) in [5.74, 6) is 2.77. The number of rotatable bonds is 5. The maximum absolute atomic E-state index is 13.7. The highest BCUT2D eigenvalue weighted by molar-refractivity contribution is 5.83. The van der Waals surface area contributed by atoms with Crippen molar-refractivity contribution in [1.82, 2.24) is 24.3 Å². The van der Waals surface area contributed by atoms with Gasteiger partial charge in [-0.25, -0.2) is 9.78 Å². The number of aryl methyl sites for hydroxylation is 1. The molecule has 3 aliphatic heterocycles. The second kappa shape index (κ2) is 8.65. The zero-order chi connectivity index (χ0) is 24.0. The van der Waals surface area contributed by atoms with E-state index < -0.39 is 0 Å². The van der Waals surface area contributed by atoms with Crippen LogP contribution in [0.15, 0.2) is 36.3 Å². The van der Waals surface area contributed by atoms with Gasteiger partial charge in [0.15, 0.2) is 0 Å². The third kappa shape index (κ3) is 3.47. The van der Waals surface area contributed by atoms with Gasteiger partial charge in [0.1, 0.15) is 17.3 Å². The maximum Gasteiger partial charge on any atom is 0.325 e. The van der Waals surface area contributed by atoms with Crippen LogP contribution in [0.1, 0.15) is 49.6 Å². The van der Waals surface area contributed by atoms with E-state index in [0.717, 1.165) is 66.6 Å². The Labute approximate surface area is 201 Å². The summed E-state index contributed by atoms with van der Waals surface area (Å²) < 4.78 is 13.4. The summed E-state index contributed by atoms with van der Waals surface area (Å²) in [5.41, 5.74) is 3.12. The fourth-order valence-corrected chi connectivity index (χ4v) is 6.09. The molecule has 0 unspecified atom stereocenters. The van der Waals surface area contributed by atoms with Gasteiger partial charge in [0.2, 0.25) is 0 Å². The summed E-state index contributed by atoms with van der Waals surface area (Å²) in [4.78, 5) is 24.8. The highest BCUT2D eigenvalue weighted by Crippen LogP contribution is 2.49. The normalized spacial score (nSPS) is 21.9. The number of likely N-dealkylation sites (tertiary alicyclic amines) is 1. The first-order valence-electron chi connectivity index (χ1n) is 12.2. The van der Waals surface area contributed by atoms with Gasteiger partial charge in [0.05, 0.1) is 32.8 Å². The molecule has 2 aromatic rings. The van der Waals surface area contributed by atoms with E-state index in [2.05, 4.69) is 45.3 Å². The van der Waals surface area contributed by atoms with E-state index in [4.69, 9.17) is 9.47 Å². The number of ether oxygens (including phenoxy) is 2. The highest BCUT2D eigenvalue weighted by Gasteiger charge is 2.54. The molecular weight excluding hydrogens is 430 g/mol. The number of nitrogens with zero attached hydrogens (tertiary/aromatic N) is 5. The van der Waals surface area contributed by atoms with E-state index in [1.54, 1.807) is 14.2 Å². The Hall–Kier alpha value is -3.00. The van der Waals surface area contributed by atoms with E-state index in [0.29, 0.717) is 13.1 Å². The van der Waals surface area contributed by atoms with Gasteiger partial charge in [-0.1, -0.05) is 13.0 Å². The summed E-state index contributed by atoms with van der Waals surface area (Å²) >= 11 is 0. The Morgan fingerprint density at radius 1 is 1.18 bits per heavy atom. The third-order valence-electron chi connectivity index (χ3n) is 7.88. The molecule has 8 nitrogen and oxygen atoms in total. The Morgan fingerprint density at radius 3 is 2.56 bits per heavy atom. The molecule has 1 spiro atoms. The van der Waals surface area contributed by atoms with Gasteiger partial charge >= 0.3 is 6.03 Å². The maximum atomic E-state index is 13.7. The van der Waals surface area contributed by atoms with Crippen molar-refractivity contribution in [3.8, 4) is 11.5 Å². The lowest BCUT2D eigenvalue weighted by Crippen LogP contribution is -2.53. The van der Waals surface area contributed by atoms with Gasteiger partial charge in [0, 0.05) is 62.3 Å². The number of hydrogen-bond acceptors (Lipinski definition) is 5. The van der Waals surface area contributed by atoms with Gasteiger partial charge in [-0.05, 0) is 31.4 Å². The summed E-state index contributed by atoms with van der Waals surface area (Å²) in [6, 6.07) is 4.10. The molecule has 0 aliphatic carbocycles. The number of amides is 2. The molecule has 2 saturated heterocycles. The zero-order valence-corrected chi connectivity index (χ0v) is 20.9. The number of benzene rings is 1. The van der Waals surface area contributed by atoms with Crippen molar-refractivity contribution in [3.05, 3.63) is 53.3 Å². The number of aromatic nitrogens is 2. The second-order valence-corrected chi connectivity index (χ2v) is 9.62. The molecule has 2 amide bonds. The molecule has 0 saturated carbocycles. The highest BCUT2D eigenvalue weighted by atomic mass is 16.5. The largest absolute Gasteiger partial charge is 0.497 e. The lowest BCUT2D eigenvalue weighted by atomic mass is 9.82. The molecule has 0 radical (unpaired) electrons. The van der Waals surface area contributed by atoms with Crippen molar-refractivity contribution in [1.29, 1.82) is 0 Å². The molecular formula is C26H35N5O3. The average Bonchev–Trinajstić information content (AvgIpc) is 3.27. The topological polar surface area (TPSA) is 63.1 Å². The predicted molar refractivity (Wildman–Crippen MR) is 130 cm³/mol. The zero-order valence-electron chi connectivity index (χ0n) is 20.9. The summed E-state index contributed by atoms with van der Waals surface area (Å²) in [7, 11) is 5.40. The minimum Gasteiger partial charge on any atom is -0.497 e. The third-order valence-corrected chi connectivity index (χ3v) is 7.88. The van der Waals surface area contributed by atoms with E-state index in [1.807, 2.05) is 30.4 Å². The molecule has 0 N–H and O–H groups in total. The number of likely N-dealkylation sites (N-methyl/N-ethyl adjacent to an activating group) is 1. The molecule has 0 bridgehead atoms. The molecule has 2 fully saturated rings. The molecule has 3 aliphatic rings. The molecule has 5 rings (SSSR count). The number of piperidine rings is 1. The van der Waals surface area contributed by atoms with Crippen molar-refractivity contribution < 1.29 is 14.3 Å². The molecule has 34 heavy (non-hydrogen) atoms. The minimum absolute atomic E-state index is 0.105. The van der Waals surface area contributed by atoms with Crippen LogP contribution in [-0.4, -0.2) is 69.7 Å². The standard InChI is InChI=1S/C26H35N5O3/c1-6-31-25(32)30-16-19-14-20(33-4)15-21(34-5)24(19)18(2)13-22(30)26(31)7-10-29(11-8-26)17-23-27-9-12-28(23)3/h9,12-15,18H,6-8,10-11,16-17H2,1-5H3/t18-/m0/s1. The summed E-state index contributed by atoms with van der Waals surface area (Å²) in [5, 5.41) is 0. The predicted octanol–water partition coefficient (Wildman–Crippen LogP) is 3.73. The first kappa shape index (κ1) is 22.8. The Bertz CT molecular complexity index is 1120. The molecule has 1 aromatic heterocycles. The number of imidazole rings is 1. The fourth-order valence-electron chi connectivity index (χ4n) is 6.09. The molecule has 1 atom stereocenters. The van der Waals surface area contributed by atoms with Gasteiger partial charge in [-0.2, -0.15) is 0 Å². The van der Waals surface area contributed by atoms with E-state index in [1.165, 1.54) is 0 Å². The number of carbonyl (C=O) groups is 1. The number of hydrogen-bond donors (Lipinski definition) is 0. The van der Waals surface area contributed by atoms with Crippen LogP contribution in [0.25, 0.3) is 0 Å². The van der Waals surface area contributed by atoms with Crippen molar-refractivity contribution in [2.45, 2.75) is 51.2 Å². The van der Waals surface area contributed by atoms with Crippen LogP contribution in [0.5, 0.6) is 11.5 Å². The van der Waals surface area contributed by atoms with E-state index >= 15 is 0 Å². The SMILES string of the molecule is CCN1C(=O)N2Cc3cc(OC)cc(OC)c3[C@@H](C)C=C2C12CCN(Cc1nccn1C)CC2. The van der Waals surface area contributed by atoms with Gasteiger partial charge in [-0.3, -0.25) is 9.80 Å². The molecule has 182 valence electrons. The summed E-state index contributed by atoms with van der Waals surface area (Å²) in [6.45, 7) is 8.23. The lowest BCUT2D eigenvalue weighted by Gasteiger charge is -2.44. The Kier molecular flexibility index (Phi) is 5.80. The average molecular weight is 466 g/mol. The van der Waals surface area contributed by atoms with Crippen LogP contribution < -0.4 is 9.47 Å². The van der Waals surface area contributed by atoms with Crippen LogP contribution in [0.2, 0.25) is 0 Å². The van der Waals surface area contributed by atoms with Crippen molar-refractivity contribution >= 4 is 6.03 Å². The van der Waals surface area contributed by atoms with Crippen LogP contribution in [0, 0.1) is 0 Å². The minimum atomic E-state index is -0.266. The number of allylic oxidation sites excluding steroid dienone is 1. The number of carbonyl (C=O) groups excluding carboxylic acids is 1. The van der Waals surface area contributed by atoms with Gasteiger partial charge < -0.3 is 18.9 Å². The lowest BCUT2D eigenvalue weighted by molar-refractivity contribution is 0.0871. The number of fused-ring (bicyclic) bond motifs is 3. The fraction of sp³-hybridized carbons (Fsp3) is 0.538. The van der Waals surface area contributed by atoms with Crippen LogP contribution in [0.4, 0.5) is 4.79 Å². The molecule has 4 heterocycles. The summed E-state index contributed by atoms with van der Waals surface area (Å²) in [6.07, 6.45) is 7.99. The van der Waals surface area contributed by atoms with E-state index in [-0.39, 0.29) is 17.5 Å². The quantitative estimate of drug-likeness (QED) is 0.673.